The fourth-order valence-corrected chi connectivity index (χ4v) is 7.96. The van der Waals surface area contributed by atoms with Crippen molar-refractivity contribution in [2.45, 2.75) is 113 Å². The fraction of sp³-hybridized carbons (Fsp3) is 0.561. The molecule has 1 heterocycles. The van der Waals surface area contributed by atoms with Crippen LogP contribution in [-0.2, 0) is 26.5 Å². The van der Waals surface area contributed by atoms with Gasteiger partial charge in [0.1, 0.15) is 40.0 Å². The predicted octanol–water partition coefficient (Wildman–Crippen LogP) is 4.58. The van der Waals surface area contributed by atoms with Crippen LogP contribution in [0.2, 0.25) is 5.02 Å². The van der Waals surface area contributed by atoms with Crippen molar-refractivity contribution in [3.05, 3.63) is 82.6 Å². The summed E-state index contributed by atoms with van der Waals surface area (Å²) < 4.78 is 29.7. The summed E-state index contributed by atoms with van der Waals surface area (Å²) in [5.74, 6) is 0.533. The van der Waals surface area contributed by atoms with Crippen molar-refractivity contribution >= 4 is 27.3 Å². The molecule has 5 N–H and O–H groups in total. The molecule has 13 heteroatoms. The lowest BCUT2D eigenvalue weighted by molar-refractivity contribution is -0.139. The number of para-hydroxylation sites is 1. The van der Waals surface area contributed by atoms with Gasteiger partial charge in [-0.25, -0.2) is 8.42 Å². The first-order chi connectivity index (χ1) is 25.7. The maximum atomic E-state index is 13.3. The molecule has 1 aromatic heterocycles. The lowest BCUT2D eigenvalue weighted by Crippen LogP contribution is -2.50. The van der Waals surface area contributed by atoms with Gasteiger partial charge < -0.3 is 35.2 Å². The van der Waals surface area contributed by atoms with Gasteiger partial charge in [-0.1, -0.05) is 48.9 Å². The lowest BCUT2D eigenvalue weighted by atomic mass is 9.84. The zero-order valence-corrected chi connectivity index (χ0v) is 32.8. The van der Waals surface area contributed by atoms with Gasteiger partial charge in [-0.2, -0.15) is 0 Å². The van der Waals surface area contributed by atoms with Crippen LogP contribution in [0, 0.1) is 0 Å². The van der Waals surface area contributed by atoms with E-state index in [1.807, 2.05) is 30.6 Å². The van der Waals surface area contributed by atoms with E-state index in [-0.39, 0.29) is 48.9 Å². The summed E-state index contributed by atoms with van der Waals surface area (Å²) in [6.07, 6.45) is 5.79. The molecular weight excluding hydrogens is 732 g/mol. The van der Waals surface area contributed by atoms with Crippen molar-refractivity contribution in [3.63, 3.8) is 0 Å². The van der Waals surface area contributed by atoms with E-state index in [0.717, 1.165) is 67.2 Å². The minimum Gasteiger partial charge on any atom is -0.490 e. The number of rotatable bonds is 22. The SMILES string of the molecule is CC(CCCC(=O)N(CCCS(C)(=O)=O)C[C@H](O)[C@@H](O)[C@H](O)[C@H](O)CO)c1ccc(Cl)c(CCC2(c3cnccc3-c3ccccc3OC3CC3)CC2)c1. The Morgan fingerprint density at radius 3 is 2.43 bits per heavy atom. The van der Waals surface area contributed by atoms with Gasteiger partial charge in [0.05, 0.1) is 18.5 Å². The van der Waals surface area contributed by atoms with Crippen molar-refractivity contribution in [3.8, 4) is 16.9 Å². The smallest absolute Gasteiger partial charge is 0.222 e. The fourth-order valence-electron chi connectivity index (χ4n) is 7.10. The number of pyridine rings is 1. The van der Waals surface area contributed by atoms with E-state index >= 15 is 0 Å². The number of hydrogen-bond donors (Lipinski definition) is 5. The first-order valence-corrected chi connectivity index (χ1v) is 21.4. The Bertz CT molecular complexity index is 1820. The molecule has 5 rings (SSSR count). The summed E-state index contributed by atoms with van der Waals surface area (Å²) in [6.45, 7) is 0.917. The van der Waals surface area contributed by atoms with Gasteiger partial charge >= 0.3 is 0 Å². The third-order valence-electron chi connectivity index (χ3n) is 10.8. The van der Waals surface area contributed by atoms with E-state index in [2.05, 4.69) is 42.2 Å². The van der Waals surface area contributed by atoms with Gasteiger partial charge in [-0.05, 0) is 110 Å². The molecule has 0 radical (unpaired) electrons. The number of hydrogen-bond acceptors (Lipinski definition) is 10. The Morgan fingerprint density at radius 1 is 1.02 bits per heavy atom. The van der Waals surface area contributed by atoms with Crippen molar-refractivity contribution in [1.29, 1.82) is 0 Å². The Kier molecular flexibility index (Phi) is 14.6. The van der Waals surface area contributed by atoms with Gasteiger partial charge in [0.15, 0.2) is 0 Å². The van der Waals surface area contributed by atoms with Crippen LogP contribution in [0.1, 0.15) is 87.3 Å². The summed E-state index contributed by atoms with van der Waals surface area (Å²) in [7, 11) is -3.29. The molecule has 0 aliphatic heterocycles. The number of nitrogens with zero attached hydrogens (tertiary/aromatic N) is 2. The normalized spacial score (nSPS) is 18.0. The van der Waals surface area contributed by atoms with Crippen LogP contribution in [0.3, 0.4) is 0 Å². The van der Waals surface area contributed by atoms with Crippen LogP contribution in [0.5, 0.6) is 5.75 Å². The third-order valence-corrected chi connectivity index (χ3v) is 12.2. The summed E-state index contributed by atoms with van der Waals surface area (Å²) in [6, 6.07) is 16.5. The molecule has 0 bridgehead atoms. The molecule has 54 heavy (non-hydrogen) atoms. The zero-order chi connectivity index (χ0) is 39.0. The van der Waals surface area contributed by atoms with Crippen LogP contribution in [-0.4, -0.2) is 112 Å². The van der Waals surface area contributed by atoms with Gasteiger partial charge in [-0.3, -0.25) is 9.78 Å². The number of aliphatic hydroxyl groups is 5. The highest BCUT2D eigenvalue weighted by Gasteiger charge is 2.45. The molecule has 2 fully saturated rings. The number of ether oxygens (including phenoxy) is 1. The van der Waals surface area contributed by atoms with Gasteiger partial charge in [0, 0.05) is 48.7 Å². The Hall–Kier alpha value is -3.10. The zero-order valence-electron chi connectivity index (χ0n) is 31.2. The monoisotopic (exact) mass is 786 g/mol. The molecule has 11 nitrogen and oxygen atoms in total. The Labute approximate surface area is 323 Å². The Balaban J connectivity index is 1.20. The van der Waals surface area contributed by atoms with Gasteiger partial charge in [0.25, 0.3) is 0 Å². The van der Waals surface area contributed by atoms with Crippen molar-refractivity contribution in [1.82, 2.24) is 9.88 Å². The molecule has 3 aromatic rings. The maximum Gasteiger partial charge on any atom is 0.222 e. The highest BCUT2D eigenvalue weighted by atomic mass is 35.5. The van der Waals surface area contributed by atoms with Crippen LogP contribution in [0.25, 0.3) is 11.1 Å². The second-order valence-electron chi connectivity index (χ2n) is 15.3. The molecule has 2 aliphatic rings. The molecular formula is C41H55ClN2O9S. The minimum absolute atomic E-state index is 0.00906. The molecule has 1 amide bonds. The number of aromatic nitrogens is 1. The first kappa shape index (κ1) is 42.1. The predicted molar refractivity (Wildman–Crippen MR) is 208 cm³/mol. The van der Waals surface area contributed by atoms with Gasteiger partial charge in [0.2, 0.25) is 5.91 Å². The number of carbonyl (C=O) groups excluding carboxylic acids is 1. The topological polar surface area (TPSA) is 178 Å². The quantitative estimate of drug-likeness (QED) is 0.0969. The van der Waals surface area contributed by atoms with E-state index in [9.17, 15) is 33.6 Å². The summed E-state index contributed by atoms with van der Waals surface area (Å²) in [5.41, 5.74) is 5.70. The van der Waals surface area contributed by atoms with Crippen molar-refractivity contribution in [2.24, 2.45) is 0 Å². The van der Waals surface area contributed by atoms with E-state index in [0.29, 0.717) is 24.0 Å². The summed E-state index contributed by atoms with van der Waals surface area (Å²) in [5, 5.41) is 50.4. The number of benzene rings is 2. The van der Waals surface area contributed by atoms with Crippen molar-refractivity contribution < 1.29 is 43.5 Å². The average Bonchev–Trinajstić information content (AvgIpc) is 4.10. The van der Waals surface area contributed by atoms with Crippen molar-refractivity contribution in [2.75, 3.05) is 31.7 Å². The molecule has 296 valence electrons. The molecule has 0 saturated heterocycles. The highest BCUT2D eigenvalue weighted by molar-refractivity contribution is 7.90. The second kappa shape index (κ2) is 18.7. The molecule has 1 unspecified atom stereocenters. The minimum atomic E-state index is -3.29. The van der Waals surface area contributed by atoms with Crippen LogP contribution >= 0.6 is 11.6 Å². The Morgan fingerprint density at radius 2 is 1.74 bits per heavy atom. The van der Waals surface area contributed by atoms with Crippen LogP contribution in [0.15, 0.2) is 60.9 Å². The first-order valence-electron chi connectivity index (χ1n) is 19.0. The number of sulfone groups is 1. The molecule has 0 spiro atoms. The number of aryl methyl sites for hydroxylation is 1. The lowest BCUT2D eigenvalue weighted by Gasteiger charge is -2.30. The molecule has 2 aliphatic carbocycles. The van der Waals surface area contributed by atoms with E-state index < -0.39 is 40.9 Å². The number of halogens is 1. The third kappa shape index (κ3) is 11.5. The van der Waals surface area contributed by atoms with E-state index in [1.54, 1.807) is 0 Å². The van der Waals surface area contributed by atoms with Gasteiger partial charge in [-0.15, -0.1) is 0 Å². The molecule has 2 saturated carbocycles. The maximum absolute atomic E-state index is 13.3. The highest BCUT2D eigenvalue weighted by Crippen LogP contribution is 2.55. The van der Waals surface area contributed by atoms with Crippen LogP contribution < -0.4 is 4.74 Å². The largest absolute Gasteiger partial charge is 0.490 e. The average molecular weight is 787 g/mol. The number of amides is 1. The number of carbonyl (C=O) groups is 1. The summed E-state index contributed by atoms with van der Waals surface area (Å²) >= 11 is 6.76. The summed E-state index contributed by atoms with van der Waals surface area (Å²) in [4.78, 5) is 19.1. The second-order valence-corrected chi connectivity index (χ2v) is 17.9. The van der Waals surface area contributed by atoms with E-state index in [1.165, 1.54) is 16.0 Å². The molecule has 5 atom stereocenters. The standard InChI is InChI=1S/C41H55ClN2O9S/c1-27(7-5-10-38(48)44(21-6-22-54(2,51)52)25-35(46)39(49)40(50)36(47)26-45)28-11-14-34(42)29(23-28)15-17-41(18-19-41)33-24-43-20-16-31(33)32-8-3-4-9-37(32)53-30-12-13-30/h3-4,8-9,11,14,16,20,23-24,27,30,35-36,39-40,45-47,49-50H,5-7,10,12-13,15,17-19,21-22,25-26H2,1-2H3/t27?,35-,36+,39+,40+/m0/s1. The molecule has 2 aromatic carbocycles. The number of aliphatic hydroxyl groups excluding tert-OH is 5. The van der Waals surface area contributed by atoms with Crippen LogP contribution in [0.4, 0.5) is 0 Å². The van der Waals surface area contributed by atoms with E-state index in [4.69, 9.17) is 21.4 Å².